The first-order valence-corrected chi connectivity index (χ1v) is 7.25. The van der Waals surface area contributed by atoms with Gasteiger partial charge in [0, 0.05) is 12.1 Å². The smallest absolute Gasteiger partial charge is 0.134 e. The van der Waals surface area contributed by atoms with E-state index in [-0.39, 0.29) is 0 Å². The Kier molecular flexibility index (Phi) is 4.86. The average Bonchev–Trinajstić information content (AvgIpc) is 2.28. The largest absolute Gasteiger partial charge is 0.506 e. The fourth-order valence-electron chi connectivity index (χ4n) is 2.40. The first-order chi connectivity index (χ1) is 8.27. The molecule has 1 aromatic carbocycles. The standard InChI is InChI=1S/C14H20BrNO/c15-13-8-6-7-12(14(13)17)11-16-9-4-2-1-3-5-10-16/h6-8,17H,1-5,9-11H2. The molecule has 0 bridgehead atoms. The molecule has 0 unspecified atom stereocenters. The minimum atomic E-state index is 0.398. The summed E-state index contributed by atoms with van der Waals surface area (Å²) >= 11 is 3.37. The second-order valence-corrected chi connectivity index (χ2v) is 5.65. The summed E-state index contributed by atoms with van der Waals surface area (Å²) in [6, 6.07) is 5.88. The van der Waals surface area contributed by atoms with Crippen LogP contribution in [0.5, 0.6) is 5.75 Å². The molecule has 1 aliphatic rings. The van der Waals surface area contributed by atoms with Crippen molar-refractivity contribution < 1.29 is 5.11 Å². The molecule has 17 heavy (non-hydrogen) atoms. The van der Waals surface area contributed by atoms with Gasteiger partial charge < -0.3 is 5.11 Å². The lowest BCUT2D eigenvalue weighted by Crippen LogP contribution is -2.26. The Bertz CT molecular complexity index is 359. The SMILES string of the molecule is Oc1c(Br)cccc1CN1CCCCCCC1. The maximum absolute atomic E-state index is 9.98. The predicted molar refractivity (Wildman–Crippen MR) is 74.2 cm³/mol. The highest BCUT2D eigenvalue weighted by atomic mass is 79.9. The van der Waals surface area contributed by atoms with Crippen LogP contribution in [0.3, 0.4) is 0 Å². The van der Waals surface area contributed by atoms with Crippen molar-refractivity contribution in [1.29, 1.82) is 0 Å². The van der Waals surface area contributed by atoms with E-state index < -0.39 is 0 Å². The van der Waals surface area contributed by atoms with E-state index in [9.17, 15) is 5.11 Å². The zero-order valence-corrected chi connectivity index (χ0v) is 11.7. The van der Waals surface area contributed by atoms with E-state index in [1.165, 1.54) is 32.1 Å². The Morgan fingerprint density at radius 3 is 2.41 bits per heavy atom. The van der Waals surface area contributed by atoms with Crippen LogP contribution >= 0.6 is 15.9 Å². The fourth-order valence-corrected chi connectivity index (χ4v) is 2.81. The third-order valence-electron chi connectivity index (χ3n) is 3.41. The summed E-state index contributed by atoms with van der Waals surface area (Å²) in [7, 11) is 0. The van der Waals surface area contributed by atoms with Crippen LogP contribution < -0.4 is 0 Å². The zero-order valence-electron chi connectivity index (χ0n) is 10.2. The zero-order chi connectivity index (χ0) is 12.1. The highest BCUT2D eigenvalue weighted by Crippen LogP contribution is 2.28. The second kappa shape index (κ2) is 6.41. The van der Waals surface area contributed by atoms with Gasteiger partial charge in [-0.15, -0.1) is 0 Å². The molecule has 0 saturated carbocycles. The number of hydrogen-bond donors (Lipinski definition) is 1. The third kappa shape index (κ3) is 3.71. The molecule has 1 saturated heterocycles. The summed E-state index contributed by atoms with van der Waals surface area (Å²) in [6.07, 6.45) is 6.65. The topological polar surface area (TPSA) is 23.5 Å². The lowest BCUT2D eigenvalue weighted by molar-refractivity contribution is 0.237. The molecule has 1 aromatic rings. The van der Waals surface area contributed by atoms with Crippen molar-refractivity contribution in [2.75, 3.05) is 13.1 Å². The summed E-state index contributed by atoms with van der Waals surface area (Å²) in [5, 5.41) is 9.98. The molecule has 0 amide bonds. The number of aromatic hydroxyl groups is 1. The summed E-state index contributed by atoms with van der Waals surface area (Å²) in [5.74, 6) is 0.398. The Labute approximate surface area is 112 Å². The molecule has 0 aromatic heterocycles. The molecular weight excluding hydrogens is 278 g/mol. The average molecular weight is 298 g/mol. The first kappa shape index (κ1) is 12.9. The molecule has 1 N–H and O–H groups in total. The molecule has 1 heterocycles. The number of hydrogen-bond acceptors (Lipinski definition) is 2. The summed E-state index contributed by atoms with van der Waals surface area (Å²) in [4.78, 5) is 2.46. The number of phenols is 1. The highest BCUT2D eigenvalue weighted by Gasteiger charge is 2.11. The normalized spacial score (nSPS) is 18.6. The quantitative estimate of drug-likeness (QED) is 0.894. The van der Waals surface area contributed by atoms with Gasteiger partial charge in [0.05, 0.1) is 4.47 Å². The highest BCUT2D eigenvalue weighted by molar-refractivity contribution is 9.10. The number of rotatable bonds is 2. The third-order valence-corrected chi connectivity index (χ3v) is 4.05. The van der Waals surface area contributed by atoms with Crippen LogP contribution in [0.1, 0.15) is 37.7 Å². The van der Waals surface area contributed by atoms with Gasteiger partial charge in [0.25, 0.3) is 0 Å². The van der Waals surface area contributed by atoms with Gasteiger partial charge in [0.2, 0.25) is 0 Å². The number of phenolic OH excluding ortho intramolecular Hbond substituents is 1. The maximum Gasteiger partial charge on any atom is 0.134 e. The Hall–Kier alpha value is -0.540. The van der Waals surface area contributed by atoms with E-state index in [0.717, 1.165) is 29.7 Å². The van der Waals surface area contributed by atoms with Crippen LogP contribution in [0.2, 0.25) is 0 Å². The van der Waals surface area contributed by atoms with Crippen LogP contribution in [0.15, 0.2) is 22.7 Å². The van der Waals surface area contributed by atoms with Crippen molar-refractivity contribution >= 4 is 15.9 Å². The van der Waals surface area contributed by atoms with Gasteiger partial charge in [-0.25, -0.2) is 0 Å². The monoisotopic (exact) mass is 297 g/mol. The van der Waals surface area contributed by atoms with Crippen LogP contribution in [0, 0.1) is 0 Å². The predicted octanol–water partition coefficient (Wildman–Crippen LogP) is 3.92. The Morgan fingerprint density at radius 2 is 1.71 bits per heavy atom. The fraction of sp³-hybridized carbons (Fsp3) is 0.571. The van der Waals surface area contributed by atoms with E-state index in [1.807, 2.05) is 18.2 Å². The van der Waals surface area contributed by atoms with Crippen molar-refractivity contribution in [3.63, 3.8) is 0 Å². The molecule has 2 rings (SSSR count). The molecule has 2 nitrogen and oxygen atoms in total. The summed E-state index contributed by atoms with van der Waals surface area (Å²) in [5.41, 5.74) is 1.03. The number of benzene rings is 1. The van der Waals surface area contributed by atoms with Crippen molar-refractivity contribution in [3.05, 3.63) is 28.2 Å². The Balaban J connectivity index is 2.00. The molecule has 94 valence electrons. The van der Waals surface area contributed by atoms with Crippen molar-refractivity contribution in [2.45, 2.75) is 38.6 Å². The van der Waals surface area contributed by atoms with Gasteiger partial charge in [0.15, 0.2) is 0 Å². The molecule has 1 aliphatic heterocycles. The lowest BCUT2D eigenvalue weighted by atomic mass is 10.1. The minimum Gasteiger partial charge on any atom is -0.506 e. The number of likely N-dealkylation sites (tertiary alicyclic amines) is 1. The van der Waals surface area contributed by atoms with Crippen molar-refractivity contribution in [1.82, 2.24) is 4.90 Å². The van der Waals surface area contributed by atoms with Crippen LogP contribution in [0.4, 0.5) is 0 Å². The number of halogens is 1. The summed E-state index contributed by atoms with van der Waals surface area (Å²) < 4.78 is 0.794. The molecular formula is C14H20BrNO. The maximum atomic E-state index is 9.98. The number of para-hydroxylation sites is 1. The van der Waals surface area contributed by atoms with E-state index in [0.29, 0.717) is 5.75 Å². The van der Waals surface area contributed by atoms with Gasteiger partial charge in [0.1, 0.15) is 5.75 Å². The van der Waals surface area contributed by atoms with Gasteiger partial charge in [-0.1, -0.05) is 31.4 Å². The van der Waals surface area contributed by atoms with Gasteiger partial charge in [-0.3, -0.25) is 4.90 Å². The van der Waals surface area contributed by atoms with Crippen molar-refractivity contribution in [2.24, 2.45) is 0 Å². The Morgan fingerprint density at radius 1 is 1.06 bits per heavy atom. The van der Waals surface area contributed by atoms with Gasteiger partial charge >= 0.3 is 0 Å². The molecule has 0 aliphatic carbocycles. The van der Waals surface area contributed by atoms with E-state index >= 15 is 0 Å². The van der Waals surface area contributed by atoms with Crippen LogP contribution in [-0.4, -0.2) is 23.1 Å². The molecule has 1 fully saturated rings. The van der Waals surface area contributed by atoms with E-state index in [4.69, 9.17) is 0 Å². The van der Waals surface area contributed by atoms with Crippen LogP contribution in [0.25, 0.3) is 0 Å². The number of nitrogens with zero attached hydrogens (tertiary/aromatic N) is 1. The molecule has 0 atom stereocenters. The first-order valence-electron chi connectivity index (χ1n) is 6.46. The molecule has 0 spiro atoms. The molecule has 3 heteroatoms. The minimum absolute atomic E-state index is 0.398. The molecule has 0 radical (unpaired) electrons. The van der Waals surface area contributed by atoms with E-state index in [2.05, 4.69) is 20.8 Å². The second-order valence-electron chi connectivity index (χ2n) is 4.79. The van der Waals surface area contributed by atoms with E-state index in [1.54, 1.807) is 0 Å². The van der Waals surface area contributed by atoms with Crippen molar-refractivity contribution in [3.8, 4) is 5.75 Å². The van der Waals surface area contributed by atoms with Crippen LogP contribution in [-0.2, 0) is 6.54 Å². The summed E-state index contributed by atoms with van der Waals surface area (Å²) in [6.45, 7) is 3.18. The lowest BCUT2D eigenvalue weighted by Gasteiger charge is -2.24. The van der Waals surface area contributed by atoms with Gasteiger partial charge in [-0.2, -0.15) is 0 Å². The van der Waals surface area contributed by atoms with Gasteiger partial charge in [-0.05, 0) is 47.9 Å².